The molecule has 0 atom stereocenters. The van der Waals surface area contributed by atoms with Crippen molar-refractivity contribution < 1.29 is 9.53 Å². The van der Waals surface area contributed by atoms with Crippen molar-refractivity contribution in [3.8, 4) is 0 Å². The molecule has 0 aromatic carbocycles. The fraction of sp³-hybridized carbons (Fsp3) is 0.333. The summed E-state index contributed by atoms with van der Waals surface area (Å²) in [5, 5.41) is 5.11. The van der Waals surface area contributed by atoms with Gasteiger partial charge in [0.05, 0.1) is 11.9 Å². The first-order valence-corrected chi connectivity index (χ1v) is 4.19. The Bertz CT molecular complexity index is 297. The largest absolute Gasteiger partial charge is 0.364 e. The van der Waals surface area contributed by atoms with E-state index in [2.05, 4.69) is 20.4 Å². The fourth-order valence-corrected chi connectivity index (χ4v) is 0.855. The smallest absolute Gasteiger partial charge is 0.321 e. The minimum Gasteiger partial charge on any atom is -0.364 e. The lowest BCUT2D eigenvalue weighted by molar-refractivity contribution is 0.177. The molecule has 0 fully saturated rings. The van der Waals surface area contributed by atoms with E-state index in [1.165, 1.54) is 7.11 Å². The van der Waals surface area contributed by atoms with Crippen LogP contribution in [-0.4, -0.2) is 24.9 Å². The molecule has 1 heterocycles. The molecule has 0 saturated carbocycles. The van der Waals surface area contributed by atoms with Crippen LogP contribution in [0, 0.1) is 6.92 Å². The highest BCUT2D eigenvalue weighted by molar-refractivity contribution is 5.88. The molecule has 0 aliphatic heterocycles. The van der Waals surface area contributed by atoms with E-state index in [0.717, 1.165) is 5.69 Å². The van der Waals surface area contributed by atoms with Gasteiger partial charge in [-0.2, -0.15) is 0 Å². The van der Waals surface area contributed by atoms with Gasteiger partial charge in [0.1, 0.15) is 6.73 Å². The Morgan fingerprint density at radius 1 is 1.57 bits per heavy atom. The number of ether oxygens (including phenoxy) is 1. The molecule has 1 rings (SSSR count). The average Bonchev–Trinajstić information content (AvgIpc) is 2.18. The second-order valence-corrected chi connectivity index (χ2v) is 2.75. The summed E-state index contributed by atoms with van der Waals surface area (Å²) in [5.41, 5.74) is 1.57. The van der Waals surface area contributed by atoms with Gasteiger partial charge < -0.3 is 15.4 Å². The Hall–Kier alpha value is -1.62. The first-order chi connectivity index (χ1) is 6.72. The molecule has 1 aromatic heterocycles. The molecule has 0 aliphatic rings. The number of anilines is 1. The van der Waals surface area contributed by atoms with Gasteiger partial charge in [-0.05, 0) is 19.1 Å². The third-order valence-corrected chi connectivity index (χ3v) is 1.55. The molecule has 5 heteroatoms. The first kappa shape index (κ1) is 10.5. The number of hydrogen-bond donors (Lipinski definition) is 2. The Morgan fingerprint density at radius 3 is 2.93 bits per heavy atom. The van der Waals surface area contributed by atoms with E-state index in [9.17, 15) is 4.79 Å². The third-order valence-electron chi connectivity index (χ3n) is 1.55. The second kappa shape index (κ2) is 5.18. The summed E-state index contributed by atoms with van der Waals surface area (Å²) in [6, 6.07) is 3.30. The van der Waals surface area contributed by atoms with E-state index < -0.39 is 0 Å². The van der Waals surface area contributed by atoms with E-state index in [-0.39, 0.29) is 12.8 Å². The highest BCUT2D eigenvalue weighted by atomic mass is 16.5. The van der Waals surface area contributed by atoms with Crippen molar-refractivity contribution in [1.29, 1.82) is 0 Å². The van der Waals surface area contributed by atoms with E-state index in [0.29, 0.717) is 5.69 Å². The van der Waals surface area contributed by atoms with Crippen LogP contribution < -0.4 is 10.6 Å². The number of hydrogen-bond acceptors (Lipinski definition) is 3. The Morgan fingerprint density at radius 2 is 2.36 bits per heavy atom. The average molecular weight is 195 g/mol. The molecule has 0 unspecified atom stereocenters. The zero-order valence-corrected chi connectivity index (χ0v) is 8.20. The molecule has 1 aromatic rings. The minimum atomic E-state index is -0.308. The van der Waals surface area contributed by atoms with Crippen LogP contribution in [0.1, 0.15) is 5.69 Å². The van der Waals surface area contributed by atoms with E-state index in [1.54, 1.807) is 12.3 Å². The van der Waals surface area contributed by atoms with Gasteiger partial charge in [0.15, 0.2) is 0 Å². The highest BCUT2D eigenvalue weighted by Crippen LogP contribution is 2.04. The zero-order valence-electron chi connectivity index (χ0n) is 8.20. The highest BCUT2D eigenvalue weighted by Gasteiger charge is 1.99. The molecule has 2 N–H and O–H groups in total. The SMILES string of the molecule is COCNC(=O)Nc1ccc(C)nc1. The van der Waals surface area contributed by atoms with Gasteiger partial charge in [0, 0.05) is 12.8 Å². The van der Waals surface area contributed by atoms with Crippen LogP contribution in [0.15, 0.2) is 18.3 Å². The summed E-state index contributed by atoms with van der Waals surface area (Å²) in [5.74, 6) is 0. The molecule has 76 valence electrons. The molecular weight excluding hydrogens is 182 g/mol. The number of carbonyl (C=O) groups is 1. The number of amides is 2. The van der Waals surface area contributed by atoms with E-state index in [1.807, 2.05) is 13.0 Å². The third kappa shape index (κ3) is 3.40. The van der Waals surface area contributed by atoms with Crippen LogP contribution in [0.3, 0.4) is 0 Å². The maximum atomic E-state index is 11.1. The van der Waals surface area contributed by atoms with Crippen molar-refractivity contribution in [2.24, 2.45) is 0 Å². The van der Waals surface area contributed by atoms with Crippen LogP contribution in [0.2, 0.25) is 0 Å². The number of rotatable bonds is 3. The monoisotopic (exact) mass is 195 g/mol. The number of urea groups is 1. The molecular formula is C9H13N3O2. The van der Waals surface area contributed by atoms with Crippen LogP contribution in [-0.2, 0) is 4.74 Å². The number of aryl methyl sites for hydroxylation is 1. The number of aromatic nitrogens is 1. The summed E-state index contributed by atoms with van der Waals surface area (Å²) >= 11 is 0. The minimum absolute atomic E-state index is 0.186. The van der Waals surface area contributed by atoms with Crippen LogP contribution in [0.25, 0.3) is 0 Å². The zero-order chi connectivity index (χ0) is 10.4. The van der Waals surface area contributed by atoms with Gasteiger partial charge in [-0.15, -0.1) is 0 Å². The van der Waals surface area contributed by atoms with Gasteiger partial charge >= 0.3 is 6.03 Å². The summed E-state index contributed by atoms with van der Waals surface area (Å²) in [4.78, 5) is 15.2. The van der Waals surface area contributed by atoms with Crippen molar-refractivity contribution in [3.63, 3.8) is 0 Å². The van der Waals surface area contributed by atoms with Crippen LogP contribution in [0.4, 0.5) is 10.5 Å². The van der Waals surface area contributed by atoms with Gasteiger partial charge in [-0.3, -0.25) is 4.98 Å². The number of carbonyl (C=O) groups excluding carboxylic acids is 1. The molecule has 0 spiro atoms. The van der Waals surface area contributed by atoms with Crippen molar-refractivity contribution in [1.82, 2.24) is 10.3 Å². The van der Waals surface area contributed by atoms with Crippen molar-refractivity contribution in [2.45, 2.75) is 6.92 Å². The van der Waals surface area contributed by atoms with Crippen LogP contribution in [0.5, 0.6) is 0 Å². The summed E-state index contributed by atoms with van der Waals surface area (Å²) < 4.78 is 4.68. The van der Waals surface area contributed by atoms with Crippen LogP contribution >= 0.6 is 0 Å². The lowest BCUT2D eigenvalue weighted by Crippen LogP contribution is -2.30. The standard InChI is InChI=1S/C9H13N3O2/c1-7-3-4-8(5-10-7)12-9(13)11-6-14-2/h3-5H,6H2,1-2H3,(H2,11,12,13). The maximum Gasteiger partial charge on any atom is 0.321 e. The van der Waals surface area contributed by atoms with E-state index >= 15 is 0 Å². The van der Waals surface area contributed by atoms with Gasteiger partial charge in [-0.1, -0.05) is 0 Å². The maximum absolute atomic E-state index is 11.1. The Balaban J connectivity index is 2.44. The molecule has 2 amide bonds. The quantitative estimate of drug-likeness (QED) is 0.710. The number of nitrogens with zero attached hydrogens (tertiary/aromatic N) is 1. The molecule has 14 heavy (non-hydrogen) atoms. The van der Waals surface area contributed by atoms with Crippen molar-refractivity contribution in [2.75, 3.05) is 19.2 Å². The van der Waals surface area contributed by atoms with Crippen molar-refractivity contribution in [3.05, 3.63) is 24.0 Å². The molecule has 0 aliphatic carbocycles. The topological polar surface area (TPSA) is 63.2 Å². The summed E-state index contributed by atoms with van der Waals surface area (Å²) in [6.45, 7) is 2.07. The normalized spacial score (nSPS) is 9.57. The molecule has 5 nitrogen and oxygen atoms in total. The molecule has 0 saturated heterocycles. The fourth-order valence-electron chi connectivity index (χ4n) is 0.855. The summed E-state index contributed by atoms with van der Waals surface area (Å²) in [7, 11) is 1.51. The lowest BCUT2D eigenvalue weighted by Gasteiger charge is -2.05. The first-order valence-electron chi connectivity index (χ1n) is 4.19. The number of pyridine rings is 1. The lowest BCUT2D eigenvalue weighted by atomic mass is 10.3. The van der Waals surface area contributed by atoms with Gasteiger partial charge in [0.2, 0.25) is 0 Å². The van der Waals surface area contributed by atoms with Gasteiger partial charge in [0.25, 0.3) is 0 Å². The van der Waals surface area contributed by atoms with E-state index in [4.69, 9.17) is 0 Å². The molecule has 0 radical (unpaired) electrons. The predicted molar refractivity (Wildman–Crippen MR) is 53.0 cm³/mol. The van der Waals surface area contributed by atoms with Gasteiger partial charge in [-0.25, -0.2) is 4.79 Å². The second-order valence-electron chi connectivity index (χ2n) is 2.75. The summed E-state index contributed by atoms with van der Waals surface area (Å²) in [6.07, 6.45) is 1.60. The Labute approximate surface area is 82.5 Å². The predicted octanol–water partition coefficient (Wildman–Crippen LogP) is 1.12. The Kier molecular flexibility index (Phi) is 3.87. The number of methoxy groups -OCH3 is 1. The van der Waals surface area contributed by atoms with Crippen molar-refractivity contribution >= 4 is 11.7 Å². The number of nitrogens with one attached hydrogen (secondary N) is 2. The molecule has 0 bridgehead atoms.